The van der Waals surface area contributed by atoms with E-state index in [0.717, 1.165) is 0 Å². The summed E-state index contributed by atoms with van der Waals surface area (Å²) in [4.78, 5) is 35.3. The number of benzene rings is 1. The SMILES string of the molecule is CCOc1cc(C(=O)O[C@@H](C(=O)NC(N)=O)C(C)C)ccc1OCC(C)C. The number of primary amides is 1. The molecule has 1 atom stereocenters. The van der Waals surface area contributed by atoms with E-state index in [1.807, 2.05) is 26.1 Å². The summed E-state index contributed by atoms with van der Waals surface area (Å²) in [6.07, 6.45) is -1.16. The molecule has 0 unspecified atom stereocenters. The van der Waals surface area contributed by atoms with Gasteiger partial charge in [0.25, 0.3) is 5.91 Å². The third-order valence-corrected chi connectivity index (χ3v) is 3.40. The standard InChI is InChI=1S/C19H28N2O6/c1-6-25-15-9-13(7-8-14(15)26-10-11(2)3)18(23)27-16(12(4)5)17(22)21-19(20)24/h7-9,11-12,16H,6,10H2,1-5H3,(H3,20,21,22,24)/t16-/m1/s1. The molecule has 0 bridgehead atoms. The van der Waals surface area contributed by atoms with E-state index in [1.165, 1.54) is 12.1 Å². The van der Waals surface area contributed by atoms with E-state index in [1.54, 1.807) is 19.9 Å². The Morgan fingerprint density at radius 3 is 2.26 bits per heavy atom. The van der Waals surface area contributed by atoms with Gasteiger partial charge in [-0.25, -0.2) is 9.59 Å². The van der Waals surface area contributed by atoms with Crippen LogP contribution in [0.3, 0.4) is 0 Å². The van der Waals surface area contributed by atoms with Crippen molar-refractivity contribution in [3.05, 3.63) is 23.8 Å². The zero-order valence-electron chi connectivity index (χ0n) is 16.4. The van der Waals surface area contributed by atoms with Crippen molar-refractivity contribution in [1.82, 2.24) is 5.32 Å². The highest BCUT2D eigenvalue weighted by molar-refractivity contribution is 5.98. The molecule has 3 N–H and O–H groups in total. The monoisotopic (exact) mass is 380 g/mol. The molecule has 1 rings (SSSR count). The number of nitrogens with one attached hydrogen (secondary N) is 1. The average molecular weight is 380 g/mol. The predicted molar refractivity (Wildman–Crippen MR) is 99.7 cm³/mol. The molecule has 0 fully saturated rings. The number of carbonyl (C=O) groups excluding carboxylic acids is 3. The van der Waals surface area contributed by atoms with Gasteiger partial charge in [0.1, 0.15) is 0 Å². The number of urea groups is 1. The number of carbonyl (C=O) groups is 3. The zero-order chi connectivity index (χ0) is 20.6. The second-order valence-corrected chi connectivity index (χ2v) is 6.72. The molecule has 0 aromatic heterocycles. The minimum Gasteiger partial charge on any atom is -0.490 e. The molecule has 0 aliphatic heterocycles. The van der Waals surface area contributed by atoms with Gasteiger partial charge in [0.2, 0.25) is 0 Å². The van der Waals surface area contributed by atoms with Crippen LogP contribution in [0.15, 0.2) is 18.2 Å². The summed E-state index contributed by atoms with van der Waals surface area (Å²) >= 11 is 0. The summed E-state index contributed by atoms with van der Waals surface area (Å²) in [5.74, 6) is -0.574. The van der Waals surface area contributed by atoms with Crippen LogP contribution in [0.2, 0.25) is 0 Å². The Morgan fingerprint density at radius 2 is 1.74 bits per heavy atom. The predicted octanol–water partition coefficient (Wildman–Crippen LogP) is 2.50. The first-order valence-corrected chi connectivity index (χ1v) is 8.86. The fraction of sp³-hybridized carbons (Fsp3) is 0.526. The van der Waals surface area contributed by atoms with E-state index < -0.39 is 24.0 Å². The zero-order valence-corrected chi connectivity index (χ0v) is 16.4. The highest BCUT2D eigenvalue weighted by atomic mass is 16.5. The van der Waals surface area contributed by atoms with Crippen LogP contribution in [0.25, 0.3) is 0 Å². The Labute approximate surface area is 159 Å². The largest absolute Gasteiger partial charge is 0.490 e. The highest BCUT2D eigenvalue weighted by Crippen LogP contribution is 2.29. The number of ether oxygens (including phenoxy) is 3. The average Bonchev–Trinajstić information content (AvgIpc) is 2.57. The van der Waals surface area contributed by atoms with E-state index in [9.17, 15) is 14.4 Å². The quantitative estimate of drug-likeness (QED) is 0.636. The molecule has 8 heteroatoms. The van der Waals surface area contributed by atoms with Crippen LogP contribution < -0.4 is 20.5 Å². The molecule has 0 aliphatic rings. The number of imide groups is 1. The molecule has 0 radical (unpaired) electrons. The van der Waals surface area contributed by atoms with E-state index in [0.29, 0.717) is 30.6 Å². The Kier molecular flexibility index (Phi) is 8.58. The van der Waals surface area contributed by atoms with Crippen LogP contribution in [0.4, 0.5) is 4.79 Å². The maximum absolute atomic E-state index is 12.5. The fourth-order valence-corrected chi connectivity index (χ4v) is 2.15. The van der Waals surface area contributed by atoms with Gasteiger partial charge in [-0.05, 0) is 37.0 Å². The first kappa shape index (κ1) is 22.3. The molecule has 0 saturated heterocycles. The van der Waals surface area contributed by atoms with E-state index in [2.05, 4.69) is 0 Å². The number of hydrogen-bond acceptors (Lipinski definition) is 6. The molecule has 150 valence electrons. The Morgan fingerprint density at radius 1 is 1.07 bits per heavy atom. The molecular formula is C19H28N2O6. The molecule has 0 aliphatic carbocycles. The third kappa shape index (κ3) is 7.16. The summed E-state index contributed by atoms with van der Waals surface area (Å²) in [6, 6.07) is 3.65. The normalized spacial score (nSPS) is 11.8. The minimum atomic E-state index is -1.16. The van der Waals surface area contributed by atoms with Crippen LogP contribution >= 0.6 is 0 Å². The summed E-state index contributed by atoms with van der Waals surface area (Å²) in [6.45, 7) is 10.1. The van der Waals surface area contributed by atoms with Gasteiger partial charge in [-0.15, -0.1) is 0 Å². The van der Waals surface area contributed by atoms with Gasteiger partial charge in [0.15, 0.2) is 17.6 Å². The molecule has 1 aromatic rings. The van der Waals surface area contributed by atoms with Crippen molar-refractivity contribution in [2.24, 2.45) is 17.6 Å². The van der Waals surface area contributed by atoms with Crippen molar-refractivity contribution in [2.75, 3.05) is 13.2 Å². The van der Waals surface area contributed by atoms with E-state index in [4.69, 9.17) is 19.9 Å². The minimum absolute atomic E-state index is 0.202. The van der Waals surface area contributed by atoms with E-state index in [-0.39, 0.29) is 11.5 Å². The van der Waals surface area contributed by atoms with Gasteiger partial charge in [-0.3, -0.25) is 10.1 Å². The van der Waals surface area contributed by atoms with Gasteiger partial charge < -0.3 is 19.9 Å². The molecular weight excluding hydrogens is 352 g/mol. The second-order valence-electron chi connectivity index (χ2n) is 6.72. The maximum atomic E-state index is 12.5. The molecule has 1 aromatic carbocycles. The molecule has 27 heavy (non-hydrogen) atoms. The fourth-order valence-electron chi connectivity index (χ4n) is 2.15. The lowest BCUT2D eigenvalue weighted by Gasteiger charge is -2.20. The van der Waals surface area contributed by atoms with Crippen molar-refractivity contribution in [3.63, 3.8) is 0 Å². The van der Waals surface area contributed by atoms with Crippen molar-refractivity contribution in [1.29, 1.82) is 0 Å². The first-order chi connectivity index (χ1) is 12.6. The molecule has 0 spiro atoms. The maximum Gasteiger partial charge on any atom is 0.339 e. The Balaban J connectivity index is 2.98. The van der Waals surface area contributed by atoms with E-state index >= 15 is 0 Å². The van der Waals surface area contributed by atoms with Crippen LogP contribution in [-0.4, -0.2) is 37.2 Å². The lowest BCUT2D eigenvalue weighted by molar-refractivity contribution is -0.130. The molecule has 0 saturated carbocycles. The van der Waals surface area contributed by atoms with Crippen molar-refractivity contribution < 1.29 is 28.6 Å². The first-order valence-electron chi connectivity index (χ1n) is 8.86. The van der Waals surface area contributed by atoms with Crippen molar-refractivity contribution >= 4 is 17.9 Å². The highest BCUT2D eigenvalue weighted by Gasteiger charge is 2.28. The van der Waals surface area contributed by atoms with Gasteiger partial charge >= 0.3 is 12.0 Å². The second kappa shape index (κ2) is 10.4. The van der Waals surface area contributed by atoms with Crippen LogP contribution in [-0.2, 0) is 9.53 Å². The number of esters is 1. The summed E-state index contributed by atoms with van der Waals surface area (Å²) < 4.78 is 16.5. The lowest BCUT2D eigenvalue weighted by Crippen LogP contribution is -2.45. The molecule has 8 nitrogen and oxygen atoms in total. The van der Waals surface area contributed by atoms with Gasteiger partial charge in [-0.2, -0.15) is 0 Å². The summed E-state index contributed by atoms with van der Waals surface area (Å²) in [5.41, 5.74) is 5.15. The van der Waals surface area contributed by atoms with Crippen molar-refractivity contribution in [3.8, 4) is 11.5 Å². The van der Waals surface area contributed by atoms with Crippen LogP contribution in [0.5, 0.6) is 11.5 Å². The molecule has 3 amide bonds. The molecule has 0 heterocycles. The number of nitrogens with two attached hydrogens (primary N) is 1. The summed E-state index contributed by atoms with van der Waals surface area (Å²) in [5, 5.41) is 1.93. The number of rotatable bonds is 9. The smallest absolute Gasteiger partial charge is 0.339 e. The topological polar surface area (TPSA) is 117 Å². The number of hydrogen-bond donors (Lipinski definition) is 2. The van der Waals surface area contributed by atoms with Gasteiger partial charge in [0, 0.05) is 0 Å². The van der Waals surface area contributed by atoms with Gasteiger partial charge in [-0.1, -0.05) is 27.7 Å². The van der Waals surface area contributed by atoms with Gasteiger partial charge in [0.05, 0.1) is 18.8 Å². The Hall–Kier alpha value is -2.77. The lowest BCUT2D eigenvalue weighted by atomic mass is 10.1. The van der Waals surface area contributed by atoms with Crippen LogP contribution in [0, 0.1) is 11.8 Å². The Bertz CT molecular complexity index is 672. The van der Waals surface area contributed by atoms with Crippen molar-refractivity contribution in [2.45, 2.75) is 40.7 Å². The number of amides is 3. The summed E-state index contributed by atoms with van der Waals surface area (Å²) in [7, 11) is 0. The third-order valence-electron chi connectivity index (χ3n) is 3.40. The van der Waals surface area contributed by atoms with Crippen LogP contribution in [0.1, 0.15) is 45.0 Å².